The van der Waals surface area contributed by atoms with E-state index in [1.165, 1.54) is 0 Å². The summed E-state index contributed by atoms with van der Waals surface area (Å²) in [5.41, 5.74) is 9.32. The van der Waals surface area contributed by atoms with Crippen molar-refractivity contribution in [1.82, 2.24) is 0 Å². The van der Waals surface area contributed by atoms with Gasteiger partial charge >= 0.3 is 5.97 Å². The first kappa shape index (κ1) is 12.1. The van der Waals surface area contributed by atoms with Crippen molar-refractivity contribution in [3.05, 3.63) is 46.3 Å². The molecule has 5 nitrogen and oxygen atoms in total. The third kappa shape index (κ3) is 3.63. The van der Waals surface area contributed by atoms with Crippen molar-refractivity contribution in [3.63, 3.8) is 0 Å². The molecule has 0 aromatic heterocycles. The molecule has 0 heterocycles. The summed E-state index contributed by atoms with van der Waals surface area (Å²) in [6.45, 7) is 2.00. The van der Waals surface area contributed by atoms with Crippen molar-refractivity contribution in [2.75, 3.05) is 6.61 Å². The summed E-state index contributed by atoms with van der Waals surface area (Å²) in [6, 6.07) is 8.59. The molecule has 1 atom stereocenters. The molecule has 1 aromatic rings. The second-order valence-corrected chi connectivity index (χ2v) is 3.16. The zero-order valence-corrected chi connectivity index (χ0v) is 9.04. The zero-order valence-electron chi connectivity index (χ0n) is 9.04. The van der Waals surface area contributed by atoms with Crippen molar-refractivity contribution in [2.45, 2.75) is 19.4 Å². The number of benzene rings is 1. The van der Waals surface area contributed by atoms with Gasteiger partial charge in [0.25, 0.3) is 0 Å². The lowest BCUT2D eigenvalue weighted by Gasteiger charge is -2.09. The smallest absolute Gasteiger partial charge is 0.315 e. The van der Waals surface area contributed by atoms with Gasteiger partial charge in [0.2, 0.25) is 0 Å². The minimum atomic E-state index is -0.785. The van der Waals surface area contributed by atoms with Crippen LogP contribution in [0.25, 0.3) is 10.4 Å². The Morgan fingerprint density at radius 1 is 1.50 bits per heavy atom. The van der Waals surface area contributed by atoms with Crippen molar-refractivity contribution in [2.24, 2.45) is 5.11 Å². The Labute approximate surface area is 93.7 Å². The highest BCUT2D eigenvalue weighted by Gasteiger charge is 2.18. The lowest BCUT2D eigenvalue weighted by Crippen LogP contribution is -2.23. The van der Waals surface area contributed by atoms with E-state index in [0.717, 1.165) is 5.56 Å². The molecule has 0 bridgehead atoms. The molecule has 1 rings (SSSR count). The van der Waals surface area contributed by atoms with Gasteiger partial charge < -0.3 is 4.74 Å². The number of rotatable bonds is 5. The molecular weight excluding hydrogens is 206 g/mol. The Kier molecular flexibility index (Phi) is 4.89. The highest BCUT2D eigenvalue weighted by molar-refractivity contribution is 5.76. The largest absolute Gasteiger partial charge is 0.466 e. The fraction of sp³-hybridized carbons (Fsp3) is 0.364. The number of carbonyl (C=O) groups excluding carboxylic acids is 1. The maximum atomic E-state index is 11.5. The summed E-state index contributed by atoms with van der Waals surface area (Å²) in [5.74, 6) is -0.482. The van der Waals surface area contributed by atoms with E-state index in [9.17, 15) is 4.79 Å². The maximum Gasteiger partial charge on any atom is 0.315 e. The van der Waals surface area contributed by atoms with Gasteiger partial charge in [-0.3, -0.25) is 4.79 Å². The van der Waals surface area contributed by atoms with Gasteiger partial charge in [-0.25, -0.2) is 0 Å². The van der Waals surface area contributed by atoms with Crippen LogP contribution < -0.4 is 0 Å². The molecule has 0 aliphatic rings. The van der Waals surface area contributed by atoms with Crippen LogP contribution in [-0.2, 0) is 16.0 Å². The minimum Gasteiger partial charge on any atom is -0.466 e. The van der Waals surface area contributed by atoms with E-state index in [1.54, 1.807) is 6.92 Å². The molecule has 84 valence electrons. The molecule has 0 saturated heterocycles. The van der Waals surface area contributed by atoms with Crippen molar-refractivity contribution < 1.29 is 9.53 Å². The first-order valence-corrected chi connectivity index (χ1v) is 5.02. The van der Waals surface area contributed by atoms with E-state index in [-0.39, 0.29) is 6.61 Å². The number of hydrogen-bond donors (Lipinski definition) is 0. The monoisotopic (exact) mass is 219 g/mol. The Hall–Kier alpha value is -2.00. The standard InChI is InChI=1S/C11H13N3O2/c1-2-16-11(15)10(13-14-12)8-9-6-4-3-5-7-9/h3-7,10H,2,8H2,1H3/t10-/m0/s1. The Bertz CT molecular complexity index is 385. The second-order valence-electron chi connectivity index (χ2n) is 3.16. The minimum absolute atomic E-state index is 0.283. The average molecular weight is 219 g/mol. The molecule has 0 unspecified atom stereocenters. The van der Waals surface area contributed by atoms with Crippen LogP contribution in [0, 0.1) is 0 Å². The molecule has 0 radical (unpaired) electrons. The fourth-order valence-corrected chi connectivity index (χ4v) is 1.31. The van der Waals surface area contributed by atoms with E-state index in [1.807, 2.05) is 30.3 Å². The van der Waals surface area contributed by atoms with E-state index < -0.39 is 12.0 Å². The zero-order chi connectivity index (χ0) is 11.8. The van der Waals surface area contributed by atoms with Gasteiger partial charge in [-0.15, -0.1) is 0 Å². The highest BCUT2D eigenvalue weighted by Crippen LogP contribution is 2.07. The molecule has 0 aliphatic heterocycles. The Morgan fingerprint density at radius 3 is 2.75 bits per heavy atom. The summed E-state index contributed by atoms with van der Waals surface area (Å²) in [7, 11) is 0. The van der Waals surface area contributed by atoms with Gasteiger partial charge in [0.1, 0.15) is 6.04 Å². The van der Waals surface area contributed by atoms with Crippen LogP contribution in [-0.4, -0.2) is 18.6 Å². The SMILES string of the molecule is CCOC(=O)[C@H](Cc1ccccc1)N=[N+]=[N-]. The predicted molar refractivity (Wildman–Crippen MR) is 59.7 cm³/mol. The lowest BCUT2D eigenvalue weighted by atomic mass is 10.1. The van der Waals surface area contributed by atoms with E-state index in [2.05, 4.69) is 10.0 Å². The van der Waals surface area contributed by atoms with Crippen molar-refractivity contribution in [1.29, 1.82) is 0 Å². The highest BCUT2D eigenvalue weighted by atomic mass is 16.5. The van der Waals surface area contributed by atoms with E-state index in [0.29, 0.717) is 6.42 Å². The maximum absolute atomic E-state index is 11.5. The molecule has 16 heavy (non-hydrogen) atoms. The number of azide groups is 1. The number of esters is 1. The van der Waals surface area contributed by atoms with E-state index in [4.69, 9.17) is 10.3 Å². The number of nitrogens with zero attached hydrogens (tertiary/aromatic N) is 3. The fourth-order valence-electron chi connectivity index (χ4n) is 1.31. The van der Waals surface area contributed by atoms with Crippen molar-refractivity contribution in [3.8, 4) is 0 Å². The molecule has 0 N–H and O–H groups in total. The average Bonchev–Trinajstić information content (AvgIpc) is 2.30. The summed E-state index contributed by atoms with van der Waals surface area (Å²) < 4.78 is 4.82. The van der Waals surface area contributed by atoms with Crippen LogP contribution >= 0.6 is 0 Å². The van der Waals surface area contributed by atoms with Crippen LogP contribution in [0.3, 0.4) is 0 Å². The molecule has 0 aliphatic carbocycles. The topological polar surface area (TPSA) is 75.1 Å². The Balaban J connectivity index is 2.72. The van der Waals surface area contributed by atoms with Crippen molar-refractivity contribution >= 4 is 5.97 Å². The molecule has 0 amide bonds. The number of hydrogen-bond acceptors (Lipinski definition) is 3. The van der Waals surface area contributed by atoms with Gasteiger partial charge in [0.05, 0.1) is 6.61 Å². The van der Waals surface area contributed by atoms with Gasteiger partial charge in [-0.05, 0) is 24.4 Å². The summed E-state index contributed by atoms with van der Waals surface area (Å²) in [5, 5.41) is 3.44. The Morgan fingerprint density at radius 2 is 2.19 bits per heavy atom. The van der Waals surface area contributed by atoms with Gasteiger partial charge in [-0.1, -0.05) is 35.4 Å². The first-order valence-electron chi connectivity index (χ1n) is 5.02. The lowest BCUT2D eigenvalue weighted by molar-refractivity contribution is -0.144. The first-order chi connectivity index (χ1) is 7.77. The predicted octanol–water partition coefficient (Wildman–Crippen LogP) is 2.47. The van der Waals surface area contributed by atoms with Gasteiger partial charge in [-0.2, -0.15) is 0 Å². The number of ether oxygens (including phenoxy) is 1. The number of carbonyl (C=O) groups is 1. The second kappa shape index (κ2) is 6.48. The molecule has 0 fully saturated rings. The van der Waals surface area contributed by atoms with Gasteiger partial charge in [0.15, 0.2) is 0 Å². The normalized spacial score (nSPS) is 11.3. The van der Waals surface area contributed by atoms with E-state index >= 15 is 0 Å². The van der Waals surface area contributed by atoms with Crippen LogP contribution in [0.5, 0.6) is 0 Å². The summed E-state index contributed by atoms with van der Waals surface area (Å²) >= 11 is 0. The summed E-state index contributed by atoms with van der Waals surface area (Å²) in [4.78, 5) is 14.1. The van der Waals surface area contributed by atoms with Crippen LogP contribution in [0.4, 0.5) is 0 Å². The third-order valence-corrected chi connectivity index (χ3v) is 2.02. The molecule has 5 heteroatoms. The van der Waals surface area contributed by atoms with Crippen LogP contribution in [0.1, 0.15) is 12.5 Å². The van der Waals surface area contributed by atoms with Crippen LogP contribution in [0.2, 0.25) is 0 Å². The molecule has 1 aromatic carbocycles. The van der Waals surface area contributed by atoms with Crippen LogP contribution in [0.15, 0.2) is 35.4 Å². The van der Waals surface area contributed by atoms with Gasteiger partial charge in [0, 0.05) is 4.91 Å². The third-order valence-electron chi connectivity index (χ3n) is 2.02. The molecule has 0 saturated carbocycles. The molecular formula is C11H13N3O2. The quantitative estimate of drug-likeness (QED) is 0.330. The summed E-state index contributed by atoms with van der Waals surface area (Å²) in [6.07, 6.45) is 0.365. The molecule has 0 spiro atoms.